The van der Waals surface area contributed by atoms with Crippen LogP contribution >= 0.6 is 22.9 Å². The quantitative estimate of drug-likeness (QED) is 0.234. The molecule has 2 aromatic heterocycles. The molecule has 1 unspecified atom stereocenters. The van der Waals surface area contributed by atoms with Crippen LogP contribution in [-0.2, 0) is 6.42 Å². The molecule has 0 radical (unpaired) electrons. The highest BCUT2D eigenvalue weighted by Gasteiger charge is 2.45. The molecule has 0 saturated carbocycles. The maximum absolute atomic E-state index is 13.8. The Kier molecular flexibility index (Phi) is 7.17. The van der Waals surface area contributed by atoms with Crippen molar-refractivity contribution in [1.29, 1.82) is 0 Å². The Morgan fingerprint density at radius 3 is 2.65 bits per heavy atom. The first-order chi connectivity index (χ1) is 18.0. The largest absolute Gasteiger partial charge is 0.493 e. The predicted octanol–water partition coefficient (Wildman–Crippen LogP) is 6.19. The smallest absolute Gasteiger partial charge is 0.297 e. The number of carbonyl (C=O) groups excluding carboxylic acids is 1. The molecule has 1 aliphatic rings. The zero-order valence-electron chi connectivity index (χ0n) is 20.7. The Hall–Kier alpha value is -3.43. The number of fused-ring (bicyclic) bond motifs is 2. The van der Waals surface area contributed by atoms with Gasteiger partial charge in [-0.3, -0.25) is 14.5 Å². The van der Waals surface area contributed by atoms with E-state index in [0.29, 0.717) is 51.2 Å². The second-order valence-electron chi connectivity index (χ2n) is 8.69. The fourth-order valence-electron chi connectivity index (χ4n) is 4.45. The lowest BCUT2D eigenvalue weighted by atomic mass is 9.98. The van der Waals surface area contributed by atoms with Crippen molar-refractivity contribution in [3.8, 4) is 11.5 Å². The summed E-state index contributed by atoms with van der Waals surface area (Å²) in [4.78, 5) is 29.0. The fourth-order valence-corrected chi connectivity index (χ4v) is 5.43. The molecule has 37 heavy (non-hydrogen) atoms. The Balaban J connectivity index is 1.66. The van der Waals surface area contributed by atoms with Crippen molar-refractivity contribution in [2.24, 2.45) is 0 Å². The number of hydrogen-bond acceptors (Lipinski definition) is 8. The minimum Gasteiger partial charge on any atom is -0.493 e. The van der Waals surface area contributed by atoms with E-state index in [4.69, 9.17) is 25.5 Å². The molecule has 0 aliphatic carbocycles. The van der Waals surface area contributed by atoms with E-state index in [1.807, 2.05) is 13.0 Å². The van der Waals surface area contributed by atoms with Crippen molar-refractivity contribution in [1.82, 2.24) is 10.2 Å². The van der Waals surface area contributed by atoms with Crippen LogP contribution in [0.25, 0.3) is 11.0 Å². The average Bonchev–Trinajstić information content (AvgIpc) is 3.49. The average molecular weight is 540 g/mol. The molecular weight excluding hydrogens is 514 g/mol. The maximum Gasteiger partial charge on any atom is 0.297 e. The number of aromatic nitrogens is 2. The number of methoxy groups -OCH3 is 1. The first-order valence-electron chi connectivity index (χ1n) is 12.2. The van der Waals surface area contributed by atoms with Gasteiger partial charge in [0.05, 0.1) is 30.7 Å². The number of amides is 1. The van der Waals surface area contributed by atoms with Gasteiger partial charge in [0.1, 0.15) is 10.6 Å². The number of hydrogen-bond donors (Lipinski definition) is 0. The second kappa shape index (κ2) is 10.5. The van der Waals surface area contributed by atoms with Gasteiger partial charge in [-0.05, 0) is 48.7 Å². The molecule has 0 saturated heterocycles. The molecule has 0 bridgehead atoms. The van der Waals surface area contributed by atoms with Gasteiger partial charge in [-0.25, -0.2) is 0 Å². The van der Waals surface area contributed by atoms with Crippen LogP contribution in [-0.4, -0.2) is 29.8 Å². The number of unbranched alkanes of at least 4 members (excludes halogenated alkanes) is 2. The van der Waals surface area contributed by atoms with E-state index in [0.717, 1.165) is 24.3 Å². The van der Waals surface area contributed by atoms with Crippen molar-refractivity contribution in [3.05, 3.63) is 73.5 Å². The number of nitrogens with zero attached hydrogens (tertiary/aromatic N) is 3. The first-order valence-corrected chi connectivity index (χ1v) is 13.4. The van der Waals surface area contributed by atoms with Gasteiger partial charge in [-0.15, -0.1) is 10.2 Å². The van der Waals surface area contributed by atoms with Crippen molar-refractivity contribution in [2.45, 2.75) is 45.6 Å². The molecule has 5 rings (SSSR count). The second-order valence-corrected chi connectivity index (χ2v) is 10.2. The minimum atomic E-state index is -0.789. The Bertz CT molecular complexity index is 1530. The van der Waals surface area contributed by atoms with Gasteiger partial charge in [0.2, 0.25) is 10.9 Å². The lowest BCUT2D eigenvalue weighted by Crippen LogP contribution is -2.29. The van der Waals surface area contributed by atoms with Crippen LogP contribution in [0.3, 0.4) is 0 Å². The molecule has 0 N–H and O–H groups in total. The molecule has 0 spiro atoms. The molecule has 0 fully saturated rings. The van der Waals surface area contributed by atoms with E-state index in [-0.39, 0.29) is 16.8 Å². The highest BCUT2D eigenvalue weighted by Crippen LogP contribution is 2.44. The summed E-state index contributed by atoms with van der Waals surface area (Å²) in [5.41, 5.74) is 0.860. The summed E-state index contributed by atoms with van der Waals surface area (Å²) >= 11 is 7.49. The van der Waals surface area contributed by atoms with Crippen LogP contribution in [0.5, 0.6) is 11.5 Å². The summed E-state index contributed by atoms with van der Waals surface area (Å²) in [6, 6.07) is 9.41. The molecule has 1 atom stereocenters. The third-order valence-corrected chi connectivity index (χ3v) is 7.61. The third-order valence-electron chi connectivity index (χ3n) is 6.31. The summed E-state index contributed by atoms with van der Waals surface area (Å²) in [5, 5.41) is 10.3. The van der Waals surface area contributed by atoms with Gasteiger partial charge < -0.3 is 13.9 Å². The zero-order valence-corrected chi connectivity index (χ0v) is 22.3. The molecule has 4 aromatic rings. The van der Waals surface area contributed by atoms with E-state index < -0.39 is 11.9 Å². The van der Waals surface area contributed by atoms with Crippen LogP contribution in [0.2, 0.25) is 5.02 Å². The Morgan fingerprint density at radius 1 is 1.08 bits per heavy atom. The molecule has 1 amide bonds. The van der Waals surface area contributed by atoms with E-state index >= 15 is 0 Å². The van der Waals surface area contributed by atoms with Crippen LogP contribution in [0.1, 0.15) is 65.8 Å². The van der Waals surface area contributed by atoms with Crippen LogP contribution in [0, 0.1) is 0 Å². The fraction of sp³-hybridized carbons (Fsp3) is 0.333. The molecular formula is C27H26ClN3O5S. The number of halogens is 1. The van der Waals surface area contributed by atoms with Gasteiger partial charge in [-0.1, -0.05) is 55.7 Å². The summed E-state index contributed by atoms with van der Waals surface area (Å²) in [6.45, 7) is 4.67. The summed E-state index contributed by atoms with van der Waals surface area (Å²) in [7, 11) is 1.56. The van der Waals surface area contributed by atoms with Gasteiger partial charge in [0.25, 0.3) is 5.91 Å². The van der Waals surface area contributed by atoms with Crippen LogP contribution in [0.15, 0.2) is 45.6 Å². The predicted molar refractivity (Wildman–Crippen MR) is 143 cm³/mol. The number of rotatable bonds is 9. The lowest BCUT2D eigenvalue weighted by molar-refractivity contribution is 0.0970. The maximum atomic E-state index is 13.8. The monoisotopic (exact) mass is 539 g/mol. The van der Waals surface area contributed by atoms with E-state index in [9.17, 15) is 9.59 Å². The lowest BCUT2D eigenvalue weighted by Gasteiger charge is -2.23. The third kappa shape index (κ3) is 4.57. The first kappa shape index (κ1) is 25.2. The number of benzene rings is 2. The van der Waals surface area contributed by atoms with Gasteiger partial charge in [-0.2, -0.15) is 0 Å². The van der Waals surface area contributed by atoms with Gasteiger partial charge >= 0.3 is 0 Å². The van der Waals surface area contributed by atoms with Gasteiger partial charge in [0.15, 0.2) is 16.9 Å². The standard InChI is InChI=1S/C27H26ClN3O5S/c1-4-6-7-12-35-19-10-8-15(13-20(19)34-3)23-22-24(32)17-14-16(28)9-11-18(17)36-25(22)26(33)31(23)27-30-29-21(5-2)37-27/h8-11,13-14,23H,4-7,12H2,1-3H3. The Labute approximate surface area is 222 Å². The summed E-state index contributed by atoms with van der Waals surface area (Å²) in [6.07, 6.45) is 3.78. The number of anilines is 1. The normalized spacial score (nSPS) is 14.9. The SMILES string of the molecule is CCCCCOc1ccc(C2c3c(oc4ccc(Cl)cc4c3=O)C(=O)N2c2nnc(CC)s2)cc1OC. The highest BCUT2D eigenvalue weighted by molar-refractivity contribution is 7.15. The molecule has 192 valence electrons. The van der Waals surface area contributed by atoms with Crippen LogP contribution < -0.4 is 19.8 Å². The van der Waals surface area contributed by atoms with E-state index in [1.54, 1.807) is 37.4 Å². The number of aryl methyl sites for hydroxylation is 1. The minimum absolute atomic E-state index is 0.0167. The van der Waals surface area contributed by atoms with Crippen molar-refractivity contribution in [2.75, 3.05) is 18.6 Å². The van der Waals surface area contributed by atoms with E-state index in [2.05, 4.69) is 17.1 Å². The highest BCUT2D eigenvalue weighted by atomic mass is 35.5. The summed E-state index contributed by atoms with van der Waals surface area (Å²) in [5.74, 6) is 0.637. The molecule has 10 heteroatoms. The van der Waals surface area contributed by atoms with Crippen molar-refractivity contribution in [3.63, 3.8) is 0 Å². The van der Waals surface area contributed by atoms with Crippen molar-refractivity contribution >= 4 is 44.9 Å². The Morgan fingerprint density at radius 2 is 1.92 bits per heavy atom. The van der Waals surface area contributed by atoms with E-state index in [1.165, 1.54) is 16.2 Å². The molecule has 3 heterocycles. The van der Waals surface area contributed by atoms with Crippen LogP contribution in [0.4, 0.5) is 5.13 Å². The van der Waals surface area contributed by atoms with Crippen molar-refractivity contribution < 1.29 is 18.7 Å². The molecule has 2 aromatic carbocycles. The molecule has 8 nitrogen and oxygen atoms in total. The zero-order chi connectivity index (χ0) is 26.1. The van der Waals surface area contributed by atoms with Gasteiger partial charge in [0, 0.05) is 5.02 Å². The number of ether oxygens (including phenoxy) is 2. The number of carbonyl (C=O) groups is 1. The topological polar surface area (TPSA) is 94.8 Å². The summed E-state index contributed by atoms with van der Waals surface area (Å²) < 4.78 is 17.6. The molecule has 1 aliphatic heterocycles.